The van der Waals surface area contributed by atoms with E-state index in [1.807, 2.05) is 15.9 Å². The van der Waals surface area contributed by atoms with Gasteiger partial charge in [0.2, 0.25) is 5.91 Å². The minimum absolute atomic E-state index is 0.0325. The van der Waals surface area contributed by atoms with Crippen LogP contribution in [0.2, 0.25) is 0 Å². The zero-order chi connectivity index (χ0) is 19.6. The average molecular weight is 382 g/mol. The summed E-state index contributed by atoms with van der Waals surface area (Å²) in [7, 11) is 0. The molecule has 3 saturated heterocycles. The van der Waals surface area contributed by atoms with Crippen molar-refractivity contribution in [3.05, 3.63) is 29.6 Å². The molecule has 0 radical (unpaired) electrons. The van der Waals surface area contributed by atoms with E-state index < -0.39 is 0 Å². The molecule has 3 fully saturated rings. The smallest absolute Gasteiger partial charge is 0.255 e. The molecule has 1 aromatic rings. The Balaban J connectivity index is 1.36. The van der Waals surface area contributed by atoms with Crippen molar-refractivity contribution in [2.75, 3.05) is 32.8 Å². The third-order valence-electron chi connectivity index (χ3n) is 6.43. The Hall–Kier alpha value is -2.46. The van der Waals surface area contributed by atoms with Crippen molar-refractivity contribution in [2.45, 2.75) is 44.6 Å². The van der Waals surface area contributed by atoms with Crippen LogP contribution in [0.15, 0.2) is 18.3 Å². The summed E-state index contributed by atoms with van der Waals surface area (Å²) in [6.45, 7) is 3.69. The van der Waals surface area contributed by atoms with E-state index in [0.29, 0.717) is 37.3 Å². The summed E-state index contributed by atoms with van der Waals surface area (Å²) < 4.78 is 5.72. The molecule has 7 nitrogen and oxygen atoms in total. The van der Waals surface area contributed by atoms with Crippen molar-refractivity contribution < 1.29 is 14.3 Å². The first-order valence-corrected chi connectivity index (χ1v) is 10.1. The van der Waals surface area contributed by atoms with Crippen LogP contribution in [-0.4, -0.2) is 65.5 Å². The highest BCUT2D eigenvalue weighted by molar-refractivity contribution is 5.94. The second kappa shape index (κ2) is 7.88. The van der Waals surface area contributed by atoms with Gasteiger partial charge in [-0.2, -0.15) is 5.26 Å². The van der Waals surface area contributed by atoms with Crippen LogP contribution in [0.3, 0.4) is 0 Å². The Morgan fingerprint density at radius 3 is 2.79 bits per heavy atom. The summed E-state index contributed by atoms with van der Waals surface area (Å²) >= 11 is 0. The summed E-state index contributed by atoms with van der Waals surface area (Å²) in [6, 6.07) is 5.21. The van der Waals surface area contributed by atoms with E-state index in [-0.39, 0.29) is 23.3 Å². The monoisotopic (exact) mass is 382 g/mol. The quantitative estimate of drug-likeness (QED) is 0.798. The van der Waals surface area contributed by atoms with Gasteiger partial charge in [-0.1, -0.05) is 0 Å². The second-order valence-corrected chi connectivity index (χ2v) is 8.25. The number of rotatable bonds is 3. The molecule has 0 bridgehead atoms. The number of amides is 2. The van der Waals surface area contributed by atoms with Crippen molar-refractivity contribution in [3.63, 3.8) is 0 Å². The Kier molecular flexibility index (Phi) is 5.31. The van der Waals surface area contributed by atoms with Crippen molar-refractivity contribution in [1.29, 1.82) is 5.26 Å². The highest BCUT2D eigenvalue weighted by Gasteiger charge is 2.42. The second-order valence-electron chi connectivity index (χ2n) is 8.25. The third-order valence-corrected chi connectivity index (χ3v) is 6.43. The van der Waals surface area contributed by atoms with Crippen LogP contribution in [-0.2, 0) is 9.53 Å². The molecule has 0 aliphatic carbocycles. The zero-order valence-corrected chi connectivity index (χ0v) is 16.1. The largest absolute Gasteiger partial charge is 0.376 e. The van der Waals surface area contributed by atoms with Crippen molar-refractivity contribution in [1.82, 2.24) is 14.8 Å². The summed E-state index contributed by atoms with van der Waals surface area (Å²) in [4.78, 5) is 33.0. The van der Waals surface area contributed by atoms with Crippen molar-refractivity contribution in [3.8, 4) is 6.07 Å². The van der Waals surface area contributed by atoms with E-state index >= 15 is 0 Å². The molecule has 4 heterocycles. The number of pyridine rings is 1. The number of hydrogen-bond acceptors (Lipinski definition) is 5. The highest BCUT2D eigenvalue weighted by Crippen LogP contribution is 2.40. The van der Waals surface area contributed by atoms with Gasteiger partial charge in [-0.05, 0) is 49.7 Å². The molecule has 1 atom stereocenters. The number of carbonyl (C=O) groups excluding carboxylic acids is 2. The molecule has 0 saturated carbocycles. The lowest BCUT2D eigenvalue weighted by Crippen LogP contribution is -2.53. The third kappa shape index (κ3) is 3.88. The van der Waals surface area contributed by atoms with Crippen LogP contribution in [0.4, 0.5) is 0 Å². The van der Waals surface area contributed by atoms with Gasteiger partial charge in [-0.25, -0.2) is 4.98 Å². The fourth-order valence-corrected chi connectivity index (χ4v) is 4.66. The molecule has 148 valence electrons. The van der Waals surface area contributed by atoms with Crippen LogP contribution in [0.5, 0.6) is 0 Å². The number of piperidine rings is 2. The zero-order valence-electron chi connectivity index (χ0n) is 16.1. The highest BCUT2D eigenvalue weighted by atomic mass is 16.5. The van der Waals surface area contributed by atoms with Crippen LogP contribution < -0.4 is 0 Å². The van der Waals surface area contributed by atoms with Crippen molar-refractivity contribution in [2.24, 2.45) is 5.41 Å². The van der Waals surface area contributed by atoms with Gasteiger partial charge in [-0.15, -0.1) is 0 Å². The molecular formula is C21H26N4O3. The van der Waals surface area contributed by atoms with Crippen LogP contribution in [0.1, 0.15) is 54.6 Å². The molecule has 3 aliphatic heterocycles. The maximum atomic E-state index is 12.7. The maximum Gasteiger partial charge on any atom is 0.255 e. The van der Waals surface area contributed by atoms with Gasteiger partial charge in [0.15, 0.2) is 0 Å². The van der Waals surface area contributed by atoms with Gasteiger partial charge in [0.05, 0.1) is 11.7 Å². The molecule has 1 spiro atoms. The number of nitrogens with zero attached hydrogens (tertiary/aromatic N) is 4. The van der Waals surface area contributed by atoms with Crippen LogP contribution in [0.25, 0.3) is 0 Å². The molecule has 3 aliphatic rings. The first-order chi connectivity index (χ1) is 13.6. The molecule has 4 rings (SSSR count). The lowest BCUT2D eigenvalue weighted by molar-refractivity contribution is -0.141. The average Bonchev–Trinajstić information content (AvgIpc) is 3.24. The first-order valence-electron chi connectivity index (χ1n) is 10.1. The Labute approximate surface area is 165 Å². The predicted octanol–water partition coefficient (Wildman–Crippen LogP) is 1.98. The summed E-state index contributed by atoms with van der Waals surface area (Å²) in [6.07, 6.45) is 7.12. The molecular weight excluding hydrogens is 356 g/mol. The van der Waals surface area contributed by atoms with E-state index in [1.165, 1.54) is 6.20 Å². The van der Waals surface area contributed by atoms with Gasteiger partial charge < -0.3 is 14.5 Å². The van der Waals surface area contributed by atoms with Crippen LogP contribution >= 0.6 is 0 Å². The lowest BCUT2D eigenvalue weighted by Gasteiger charge is -2.47. The molecule has 28 heavy (non-hydrogen) atoms. The molecule has 7 heteroatoms. The topological polar surface area (TPSA) is 86.5 Å². The molecule has 0 aromatic carbocycles. The number of nitriles is 1. The maximum absolute atomic E-state index is 12.7. The van der Waals surface area contributed by atoms with Crippen molar-refractivity contribution >= 4 is 11.8 Å². The fourth-order valence-electron chi connectivity index (χ4n) is 4.66. The summed E-state index contributed by atoms with van der Waals surface area (Å²) in [5, 5.41) is 8.84. The SMILES string of the molecule is N#Cc1ccc(C(=O)N2CCC3(CCC(=O)N(C[C@@H]4CCCO4)C3)CC2)cn1. The van der Waals surface area contributed by atoms with Gasteiger partial charge >= 0.3 is 0 Å². The number of hydrogen-bond donors (Lipinski definition) is 0. The van der Waals surface area contributed by atoms with Gasteiger partial charge in [0, 0.05) is 45.4 Å². The van der Waals surface area contributed by atoms with Gasteiger partial charge in [0.25, 0.3) is 5.91 Å². The first kappa shape index (κ1) is 18.9. The Morgan fingerprint density at radius 2 is 2.14 bits per heavy atom. The molecule has 0 N–H and O–H groups in total. The summed E-state index contributed by atoms with van der Waals surface area (Å²) in [5.74, 6) is 0.207. The number of ether oxygens (including phenoxy) is 1. The standard InChI is InChI=1S/C21H26N4O3/c22-12-17-4-3-16(13-23-17)20(27)24-9-7-21(8-10-24)6-5-19(26)25(15-21)14-18-2-1-11-28-18/h3-4,13,18H,1-2,5-11,14-15H2/t18-/m0/s1. The Morgan fingerprint density at radius 1 is 1.32 bits per heavy atom. The molecule has 2 amide bonds. The minimum atomic E-state index is -0.0325. The number of aromatic nitrogens is 1. The van der Waals surface area contributed by atoms with Crippen LogP contribution in [0, 0.1) is 16.7 Å². The number of carbonyl (C=O) groups is 2. The fraction of sp³-hybridized carbons (Fsp3) is 0.619. The van der Waals surface area contributed by atoms with E-state index in [2.05, 4.69) is 4.98 Å². The summed E-state index contributed by atoms with van der Waals surface area (Å²) in [5.41, 5.74) is 0.952. The van der Waals surface area contributed by atoms with Gasteiger partial charge in [0.1, 0.15) is 11.8 Å². The predicted molar refractivity (Wildman–Crippen MR) is 101 cm³/mol. The number of likely N-dealkylation sites (tertiary alicyclic amines) is 2. The minimum Gasteiger partial charge on any atom is -0.376 e. The molecule has 1 aromatic heterocycles. The normalized spacial score (nSPS) is 24.4. The van der Waals surface area contributed by atoms with E-state index in [9.17, 15) is 9.59 Å². The lowest BCUT2D eigenvalue weighted by atomic mass is 9.72. The van der Waals surface area contributed by atoms with E-state index in [1.54, 1.807) is 12.1 Å². The van der Waals surface area contributed by atoms with E-state index in [4.69, 9.17) is 10.00 Å². The molecule has 0 unspecified atom stereocenters. The van der Waals surface area contributed by atoms with E-state index in [0.717, 1.165) is 45.3 Å². The van der Waals surface area contributed by atoms with Gasteiger partial charge in [-0.3, -0.25) is 9.59 Å². The Bertz CT molecular complexity index is 772.